The van der Waals surface area contributed by atoms with Crippen LogP contribution in [0.5, 0.6) is 0 Å². The first kappa shape index (κ1) is 13.1. The Bertz CT molecular complexity index is 814. The third-order valence-electron chi connectivity index (χ3n) is 4.31. The first-order chi connectivity index (χ1) is 10.8. The standard InChI is InChI=1S/C20H18N2/c1-15-21-19-13-12-17(16-8-4-2-5-9-16)14-20(19)22(15)18-10-6-3-7-11-18/h2-13,17H,14H2,1H3. The second kappa shape index (κ2) is 5.30. The van der Waals surface area contributed by atoms with Crippen LogP contribution < -0.4 is 0 Å². The fourth-order valence-electron chi connectivity index (χ4n) is 3.26. The molecule has 2 aromatic carbocycles. The predicted octanol–water partition coefficient (Wildman–Crippen LogP) is 4.53. The van der Waals surface area contributed by atoms with Crippen LogP contribution in [0.4, 0.5) is 0 Å². The van der Waals surface area contributed by atoms with E-state index in [-0.39, 0.29) is 0 Å². The molecule has 22 heavy (non-hydrogen) atoms. The number of aromatic nitrogens is 2. The van der Waals surface area contributed by atoms with Gasteiger partial charge in [-0.1, -0.05) is 54.6 Å². The SMILES string of the molecule is Cc1nc2c(n1-c1ccccc1)CC(c1ccccc1)C=C2. The molecule has 108 valence electrons. The first-order valence-electron chi connectivity index (χ1n) is 7.70. The lowest BCUT2D eigenvalue weighted by atomic mass is 9.89. The zero-order chi connectivity index (χ0) is 14.9. The molecule has 0 amide bonds. The van der Waals surface area contributed by atoms with Crippen molar-refractivity contribution in [3.8, 4) is 5.69 Å². The summed E-state index contributed by atoms with van der Waals surface area (Å²) >= 11 is 0. The number of rotatable bonds is 2. The maximum Gasteiger partial charge on any atom is 0.111 e. The Kier molecular flexibility index (Phi) is 3.15. The second-order valence-corrected chi connectivity index (χ2v) is 5.74. The van der Waals surface area contributed by atoms with Crippen LogP contribution >= 0.6 is 0 Å². The Labute approximate surface area is 130 Å². The van der Waals surface area contributed by atoms with Gasteiger partial charge in [0.1, 0.15) is 5.82 Å². The molecule has 0 bridgehead atoms. The number of benzene rings is 2. The van der Waals surface area contributed by atoms with E-state index >= 15 is 0 Å². The summed E-state index contributed by atoms with van der Waals surface area (Å²) in [5.41, 5.74) is 4.97. The van der Waals surface area contributed by atoms with Gasteiger partial charge >= 0.3 is 0 Å². The van der Waals surface area contributed by atoms with Gasteiger partial charge in [0.15, 0.2) is 0 Å². The minimum atomic E-state index is 0.423. The normalized spacial score (nSPS) is 16.5. The van der Waals surface area contributed by atoms with Crippen LogP contribution in [0.2, 0.25) is 0 Å². The molecule has 1 atom stereocenters. The van der Waals surface area contributed by atoms with Gasteiger partial charge in [-0.05, 0) is 30.7 Å². The van der Waals surface area contributed by atoms with Crippen molar-refractivity contribution in [2.45, 2.75) is 19.3 Å². The highest BCUT2D eigenvalue weighted by molar-refractivity contribution is 5.56. The molecule has 0 saturated heterocycles. The van der Waals surface area contributed by atoms with Gasteiger partial charge in [-0.3, -0.25) is 0 Å². The van der Waals surface area contributed by atoms with Gasteiger partial charge in [0.2, 0.25) is 0 Å². The molecular weight excluding hydrogens is 268 g/mol. The molecule has 0 N–H and O–H groups in total. The fourth-order valence-corrected chi connectivity index (χ4v) is 3.26. The minimum absolute atomic E-state index is 0.423. The van der Waals surface area contributed by atoms with Crippen molar-refractivity contribution < 1.29 is 0 Å². The van der Waals surface area contributed by atoms with Gasteiger partial charge in [-0.2, -0.15) is 0 Å². The number of fused-ring (bicyclic) bond motifs is 1. The molecule has 0 fully saturated rings. The Morgan fingerprint density at radius 2 is 1.64 bits per heavy atom. The van der Waals surface area contributed by atoms with Crippen molar-refractivity contribution in [3.05, 3.63) is 89.5 Å². The van der Waals surface area contributed by atoms with Gasteiger partial charge < -0.3 is 4.57 Å². The minimum Gasteiger partial charge on any atom is -0.300 e. The van der Waals surface area contributed by atoms with Gasteiger partial charge in [0.25, 0.3) is 0 Å². The average Bonchev–Trinajstić information content (AvgIpc) is 2.91. The molecule has 0 aliphatic heterocycles. The summed E-state index contributed by atoms with van der Waals surface area (Å²) in [6, 6.07) is 21.2. The lowest BCUT2D eigenvalue weighted by Crippen LogP contribution is -2.10. The van der Waals surface area contributed by atoms with Crippen molar-refractivity contribution >= 4 is 6.08 Å². The summed E-state index contributed by atoms with van der Waals surface area (Å²) in [4.78, 5) is 4.73. The molecule has 4 rings (SSSR count). The molecular formula is C20H18N2. The van der Waals surface area contributed by atoms with Crippen molar-refractivity contribution in [2.24, 2.45) is 0 Å². The quantitative estimate of drug-likeness (QED) is 0.676. The highest BCUT2D eigenvalue weighted by Crippen LogP contribution is 2.31. The molecule has 1 aliphatic carbocycles. The van der Waals surface area contributed by atoms with E-state index in [0.29, 0.717) is 5.92 Å². The average molecular weight is 286 g/mol. The van der Waals surface area contributed by atoms with Crippen LogP contribution in [-0.4, -0.2) is 9.55 Å². The number of hydrogen-bond donors (Lipinski definition) is 0. The predicted molar refractivity (Wildman–Crippen MR) is 90.2 cm³/mol. The van der Waals surface area contributed by atoms with Crippen LogP contribution in [0.15, 0.2) is 66.7 Å². The van der Waals surface area contributed by atoms with Crippen molar-refractivity contribution in [3.63, 3.8) is 0 Å². The summed E-state index contributed by atoms with van der Waals surface area (Å²) in [6.07, 6.45) is 5.44. The Morgan fingerprint density at radius 1 is 0.955 bits per heavy atom. The molecule has 2 nitrogen and oxygen atoms in total. The van der Waals surface area contributed by atoms with Gasteiger partial charge in [-0.15, -0.1) is 0 Å². The van der Waals surface area contributed by atoms with E-state index in [9.17, 15) is 0 Å². The third-order valence-corrected chi connectivity index (χ3v) is 4.31. The van der Waals surface area contributed by atoms with Crippen LogP contribution in [0, 0.1) is 6.92 Å². The van der Waals surface area contributed by atoms with E-state index in [0.717, 1.165) is 17.9 Å². The molecule has 0 radical (unpaired) electrons. The lowest BCUT2D eigenvalue weighted by Gasteiger charge is -2.19. The topological polar surface area (TPSA) is 17.8 Å². The largest absolute Gasteiger partial charge is 0.300 e. The van der Waals surface area contributed by atoms with E-state index in [4.69, 9.17) is 4.98 Å². The first-order valence-corrected chi connectivity index (χ1v) is 7.70. The van der Waals surface area contributed by atoms with Crippen molar-refractivity contribution in [2.75, 3.05) is 0 Å². The molecule has 0 spiro atoms. The molecule has 3 aromatic rings. The maximum absolute atomic E-state index is 4.73. The molecule has 1 heterocycles. The number of allylic oxidation sites excluding steroid dienone is 1. The molecule has 1 aromatic heterocycles. The van der Waals surface area contributed by atoms with Crippen LogP contribution in [0.3, 0.4) is 0 Å². The van der Waals surface area contributed by atoms with Crippen molar-refractivity contribution in [1.29, 1.82) is 0 Å². The van der Waals surface area contributed by atoms with E-state index < -0.39 is 0 Å². The highest BCUT2D eigenvalue weighted by atomic mass is 15.1. The van der Waals surface area contributed by atoms with Gasteiger partial charge in [0.05, 0.1) is 11.4 Å². The number of imidazole rings is 1. The zero-order valence-corrected chi connectivity index (χ0v) is 12.6. The summed E-state index contributed by atoms with van der Waals surface area (Å²) in [7, 11) is 0. The number of aryl methyl sites for hydroxylation is 1. The monoisotopic (exact) mass is 286 g/mol. The number of para-hydroxylation sites is 1. The van der Waals surface area contributed by atoms with E-state index in [1.54, 1.807) is 0 Å². The molecule has 1 unspecified atom stereocenters. The van der Waals surface area contributed by atoms with Crippen LogP contribution in [0.25, 0.3) is 11.8 Å². The van der Waals surface area contributed by atoms with Gasteiger partial charge in [-0.25, -0.2) is 4.98 Å². The summed E-state index contributed by atoms with van der Waals surface area (Å²) in [6.45, 7) is 2.08. The molecule has 0 saturated carbocycles. The lowest BCUT2D eigenvalue weighted by molar-refractivity contribution is 0.770. The van der Waals surface area contributed by atoms with Crippen LogP contribution in [0.1, 0.15) is 28.7 Å². The zero-order valence-electron chi connectivity index (χ0n) is 12.6. The molecule has 1 aliphatic rings. The Balaban J connectivity index is 1.78. The second-order valence-electron chi connectivity index (χ2n) is 5.74. The van der Waals surface area contributed by atoms with Crippen molar-refractivity contribution in [1.82, 2.24) is 9.55 Å². The highest BCUT2D eigenvalue weighted by Gasteiger charge is 2.22. The maximum atomic E-state index is 4.73. The fraction of sp³-hybridized carbons (Fsp3) is 0.150. The smallest absolute Gasteiger partial charge is 0.111 e. The van der Waals surface area contributed by atoms with E-state index in [1.807, 2.05) is 0 Å². The number of hydrogen-bond acceptors (Lipinski definition) is 1. The van der Waals surface area contributed by atoms with E-state index in [2.05, 4.69) is 84.3 Å². The third kappa shape index (κ3) is 2.17. The Morgan fingerprint density at radius 3 is 2.36 bits per heavy atom. The summed E-state index contributed by atoms with van der Waals surface area (Å²) in [5, 5.41) is 0. The van der Waals surface area contributed by atoms with Gasteiger partial charge in [0, 0.05) is 18.0 Å². The summed E-state index contributed by atoms with van der Waals surface area (Å²) in [5.74, 6) is 1.47. The molecule has 2 heteroatoms. The number of nitrogens with zero attached hydrogens (tertiary/aromatic N) is 2. The van der Waals surface area contributed by atoms with E-state index in [1.165, 1.54) is 16.9 Å². The van der Waals surface area contributed by atoms with Crippen LogP contribution in [-0.2, 0) is 6.42 Å². The summed E-state index contributed by atoms with van der Waals surface area (Å²) < 4.78 is 2.29. The Hall–Kier alpha value is -2.61.